The number of thioether (sulfide) groups is 1. The Labute approximate surface area is 157 Å². The number of carbonyl (C=O) groups is 2. The van der Waals surface area contributed by atoms with Crippen molar-refractivity contribution in [3.63, 3.8) is 0 Å². The molecule has 136 valence electrons. The normalized spacial score (nSPS) is 13.9. The summed E-state index contributed by atoms with van der Waals surface area (Å²) in [5.74, 6) is 0.376. The van der Waals surface area contributed by atoms with E-state index in [1.807, 2.05) is 49.1 Å². The molecule has 2 heterocycles. The maximum Gasteiger partial charge on any atom is 0.234 e. The lowest BCUT2D eigenvalue weighted by molar-refractivity contribution is -0.128. The summed E-state index contributed by atoms with van der Waals surface area (Å²) in [6, 6.07) is 9.53. The first-order valence-corrected chi connectivity index (χ1v) is 9.60. The van der Waals surface area contributed by atoms with Crippen LogP contribution >= 0.6 is 11.8 Å². The molecule has 0 spiro atoms. The zero-order valence-corrected chi connectivity index (χ0v) is 15.8. The molecule has 0 unspecified atom stereocenters. The Hall–Kier alpha value is -2.41. The minimum absolute atomic E-state index is 0.0970. The van der Waals surface area contributed by atoms with Gasteiger partial charge in [-0.15, -0.1) is 0 Å². The first-order chi connectivity index (χ1) is 12.5. The standard InChI is InChI=1S/C19H22N4O2S/c1-13-10-14(2)21-19(20-13)26-12-17(24)22-16-7-5-15(6-8-16)11-23-9-3-4-18(23)25/h5-8,10H,3-4,9,11-12H2,1-2H3,(H,22,24). The highest BCUT2D eigenvalue weighted by molar-refractivity contribution is 7.99. The first kappa shape index (κ1) is 18.4. The largest absolute Gasteiger partial charge is 0.338 e. The van der Waals surface area contributed by atoms with E-state index in [4.69, 9.17) is 0 Å². The quantitative estimate of drug-likeness (QED) is 0.625. The van der Waals surface area contributed by atoms with Gasteiger partial charge < -0.3 is 10.2 Å². The molecule has 6 nitrogen and oxygen atoms in total. The Morgan fingerprint density at radius 1 is 1.19 bits per heavy atom. The second-order valence-corrected chi connectivity index (χ2v) is 7.33. The molecular formula is C19H22N4O2S. The molecule has 1 N–H and O–H groups in total. The third kappa shape index (κ3) is 5.05. The summed E-state index contributed by atoms with van der Waals surface area (Å²) in [6.45, 7) is 5.29. The third-order valence-electron chi connectivity index (χ3n) is 4.08. The number of nitrogens with one attached hydrogen (secondary N) is 1. The summed E-state index contributed by atoms with van der Waals surface area (Å²) in [5, 5.41) is 3.49. The molecule has 0 atom stereocenters. The number of aryl methyl sites for hydroxylation is 2. The van der Waals surface area contributed by atoms with Crippen LogP contribution in [0.3, 0.4) is 0 Å². The van der Waals surface area contributed by atoms with Crippen molar-refractivity contribution in [2.75, 3.05) is 17.6 Å². The fourth-order valence-electron chi connectivity index (χ4n) is 2.87. The lowest BCUT2D eigenvalue weighted by Crippen LogP contribution is -2.23. The van der Waals surface area contributed by atoms with E-state index >= 15 is 0 Å². The number of nitrogens with zero attached hydrogens (tertiary/aromatic N) is 3. The summed E-state index contributed by atoms with van der Waals surface area (Å²) < 4.78 is 0. The smallest absolute Gasteiger partial charge is 0.234 e. The minimum Gasteiger partial charge on any atom is -0.338 e. The van der Waals surface area contributed by atoms with E-state index in [-0.39, 0.29) is 17.6 Å². The van der Waals surface area contributed by atoms with Crippen LogP contribution in [-0.4, -0.2) is 39.0 Å². The molecule has 7 heteroatoms. The molecule has 3 rings (SSSR count). The van der Waals surface area contributed by atoms with Gasteiger partial charge >= 0.3 is 0 Å². The lowest BCUT2D eigenvalue weighted by Gasteiger charge is -2.15. The van der Waals surface area contributed by atoms with E-state index in [9.17, 15) is 9.59 Å². The molecule has 1 aliphatic heterocycles. The van der Waals surface area contributed by atoms with Crippen LogP contribution in [0.15, 0.2) is 35.5 Å². The van der Waals surface area contributed by atoms with E-state index < -0.39 is 0 Å². The summed E-state index contributed by atoms with van der Waals surface area (Å²) >= 11 is 1.32. The molecule has 0 bridgehead atoms. The fourth-order valence-corrected chi connectivity index (χ4v) is 3.62. The molecule has 1 aliphatic rings. The topological polar surface area (TPSA) is 75.2 Å². The summed E-state index contributed by atoms with van der Waals surface area (Å²) in [5.41, 5.74) is 3.60. The number of rotatable bonds is 6. The van der Waals surface area contributed by atoms with E-state index in [0.29, 0.717) is 18.1 Å². The van der Waals surface area contributed by atoms with Gasteiger partial charge in [0.25, 0.3) is 0 Å². The zero-order valence-electron chi connectivity index (χ0n) is 15.0. The van der Waals surface area contributed by atoms with Crippen LogP contribution in [0.25, 0.3) is 0 Å². The monoisotopic (exact) mass is 370 g/mol. The van der Waals surface area contributed by atoms with Gasteiger partial charge in [-0.25, -0.2) is 9.97 Å². The van der Waals surface area contributed by atoms with E-state index in [1.165, 1.54) is 11.8 Å². The van der Waals surface area contributed by atoms with Crippen LogP contribution in [0.1, 0.15) is 29.8 Å². The van der Waals surface area contributed by atoms with Gasteiger partial charge in [0.1, 0.15) is 0 Å². The predicted octanol–water partition coefficient (Wildman–Crippen LogP) is 2.95. The van der Waals surface area contributed by atoms with Crippen molar-refractivity contribution in [3.8, 4) is 0 Å². The van der Waals surface area contributed by atoms with Crippen LogP contribution in [0, 0.1) is 13.8 Å². The van der Waals surface area contributed by atoms with Crippen molar-refractivity contribution in [1.29, 1.82) is 0 Å². The number of likely N-dealkylation sites (tertiary alicyclic amines) is 1. The Kier molecular flexibility index (Phi) is 5.88. The van der Waals surface area contributed by atoms with Crippen molar-refractivity contribution in [1.82, 2.24) is 14.9 Å². The predicted molar refractivity (Wildman–Crippen MR) is 102 cm³/mol. The lowest BCUT2D eigenvalue weighted by atomic mass is 10.2. The molecule has 2 amide bonds. The van der Waals surface area contributed by atoms with Crippen molar-refractivity contribution < 1.29 is 9.59 Å². The summed E-state index contributed by atoms with van der Waals surface area (Å²) in [7, 11) is 0. The Morgan fingerprint density at radius 2 is 1.88 bits per heavy atom. The van der Waals surface area contributed by atoms with Crippen LogP contribution in [0.5, 0.6) is 0 Å². The molecular weight excluding hydrogens is 348 g/mol. The molecule has 0 radical (unpaired) electrons. The van der Waals surface area contributed by atoms with E-state index in [2.05, 4.69) is 15.3 Å². The molecule has 0 aliphatic carbocycles. The highest BCUT2D eigenvalue weighted by Crippen LogP contribution is 2.18. The van der Waals surface area contributed by atoms with Gasteiger partial charge in [0, 0.05) is 36.6 Å². The Balaban J connectivity index is 1.50. The molecule has 1 aromatic carbocycles. The SMILES string of the molecule is Cc1cc(C)nc(SCC(=O)Nc2ccc(CN3CCCC3=O)cc2)n1. The van der Waals surface area contributed by atoms with E-state index in [0.717, 1.165) is 35.6 Å². The fraction of sp³-hybridized carbons (Fsp3) is 0.368. The average molecular weight is 370 g/mol. The zero-order chi connectivity index (χ0) is 18.5. The van der Waals surface area contributed by atoms with Gasteiger partial charge in [-0.05, 0) is 44.0 Å². The number of carbonyl (C=O) groups excluding carboxylic acids is 2. The van der Waals surface area contributed by atoms with Gasteiger partial charge in [0.15, 0.2) is 5.16 Å². The van der Waals surface area contributed by atoms with Crippen LogP contribution < -0.4 is 5.32 Å². The highest BCUT2D eigenvalue weighted by Gasteiger charge is 2.19. The molecule has 1 aromatic heterocycles. The van der Waals surface area contributed by atoms with Gasteiger partial charge in [0.2, 0.25) is 11.8 Å². The molecule has 2 aromatic rings. The maximum absolute atomic E-state index is 12.1. The van der Waals surface area contributed by atoms with Crippen LogP contribution in [0.2, 0.25) is 0 Å². The number of hydrogen-bond donors (Lipinski definition) is 1. The molecule has 0 saturated carbocycles. The first-order valence-electron chi connectivity index (χ1n) is 8.61. The van der Waals surface area contributed by atoms with Crippen LogP contribution in [-0.2, 0) is 16.1 Å². The second kappa shape index (κ2) is 8.31. The molecule has 26 heavy (non-hydrogen) atoms. The summed E-state index contributed by atoms with van der Waals surface area (Å²) in [6.07, 6.45) is 1.59. The maximum atomic E-state index is 12.1. The van der Waals surface area contributed by atoms with Gasteiger partial charge in [-0.2, -0.15) is 0 Å². The number of amides is 2. The Morgan fingerprint density at radius 3 is 2.50 bits per heavy atom. The van der Waals surface area contributed by atoms with Gasteiger partial charge in [-0.1, -0.05) is 23.9 Å². The average Bonchev–Trinajstić information content (AvgIpc) is 2.99. The molecule has 1 fully saturated rings. The third-order valence-corrected chi connectivity index (χ3v) is 4.92. The van der Waals surface area contributed by atoms with Crippen molar-refractivity contribution >= 4 is 29.3 Å². The number of hydrogen-bond acceptors (Lipinski definition) is 5. The highest BCUT2D eigenvalue weighted by atomic mass is 32.2. The van der Waals surface area contributed by atoms with Gasteiger partial charge in [0.05, 0.1) is 5.75 Å². The van der Waals surface area contributed by atoms with Crippen molar-refractivity contribution in [2.45, 2.75) is 38.4 Å². The minimum atomic E-state index is -0.0970. The summed E-state index contributed by atoms with van der Waals surface area (Å²) in [4.78, 5) is 34.3. The number of benzene rings is 1. The number of anilines is 1. The number of aromatic nitrogens is 2. The van der Waals surface area contributed by atoms with Crippen molar-refractivity contribution in [2.24, 2.45) is 0 Å². The Bertz CT molecular complexity index is 787. The second-order valence-electron chi connectivity index (χ2n) is 6.39. The molecule has 1 saturated heterocycles. The van der Waals surface area contributed by atoms with E-state index in [1.54, 1.807) is 0 Å². The van der Waals surface area contributed by atoms with Crippen LogP contribution in [0.4, 0.5) is 5.69 Å². The van der Waals surface area contributed by atoms with Gasteiger partial charge in [-0.3, -0.25) is 9.59 Å². The van der Waals surface area contributed by atoms with Crippen molar-refractivity contribution in [3.05, 3.63) is 47.3 Å².